The minimum Gasteiger partial charge on any atom is -0.367 e. The molecule has 0 radical (unpaired) electrons. The Kier molecular flexibility index (Phi) is 3.78. The van der Waals surface area contributed by atoms with E-state index in [1.807, 2.05) is 13.0 Å². The Morgan fingerprint density at radius 1 is 1.29 bits per heavy atom. The van der Waals surface area contributed by atoms with E-state index >= 15 is 0 Å². The molecule has 1 heterocycles. The maximum Gasteiger partial charge on any atom is 0.145 e. The van der Waals surface area contributed by atoms with Crippen molar-refractivity contribution in [3.05, 3.63) is 11.9 Å². The highest BCUT2D eigenvalue weighted by Gasteiger charge is 2.21. The van der Waals surface area contributed by atoms with Gasteiger partial charge in [-0.1, -0.05) is 12.8 Å². The summed E-state index contributed by atoms with van der Waals surface area (Å²) >= 11 is 0. The summed E-state index contributed by atoms with van der Waals surface area (Å²) in [5.41, 5.74) is 2.56. The maximum absolute atomic E-state index is 5.37. The van der Waals surface area contributed by atoms with E-state index in [2.05, 4.69) is 27.6 Å². The molecule has 5 nitrogen and oxygen atoms in total. The molecule has 1 atom stereocenters. The molecule has 4 N–H and O–H groups in total. The standard InChI is InChI=1S/C12H21N5/c1-8(10-5-3-4-6-10)14-11-7-12(17-13)16-9(2)15-11/h7-8,10H,3-6,13H2,1-2H3,(H2,14,15,16,17). The van der Waals surface area contributed by atoms with Gasteiger partial charge in [0.25, 0.3) is 0 Å². The zero-order chi connectivity index (χ0) is 12.3. The third-order valence-electron chi connectivity index (χ3n) is 3.47. The Morgan fingerprint density at radius 2 is 1.94 bits per heavy atom. The topological polar surface area (TPSA) is 75.9 Å². The van der Waals surface area contributed by atoms with Crippen molar-refractivity contribution >= 4 is 11.6 Å². The zero-order valence-corrected chi connectivity index (χ0v) is 10.5. The van der Waals surface area contributed by atoms with Crippen LogP contribution in [0.3, 0.4) is 0 Å². The number of nitrogens with two attached hydrogens (primary N) is 1. The first kappa shape index (κ1) is 12.1. The predicted molar refractivity (Wildman–Crippen MR) is 69.6 cm³/mol. The fraction of sp³-hybridized carbons (Fsp3) is 0.667. The molecule has 94 valence electrons. The molecule has 1 saturated carbocycles. The van der Waals surface area contributed by atoms with Crippen LogP contribution in [0, 0.1) is 12.8 Å². The zero-order valence-electron chi connectivity index (χ0n) is 10.5. The van der Waals surface area contributed by atoms with Crippen LogP contribution in [0.25, 0.3) is 0 Å². The van der Waals surface area contributed by atoms with Crippen LogP contribution in [0.5, 0.6) is 0 Å². The van der Waals surface area contributed by atoms with Crippen molar-refractivity contribution in [2.24, 2.45) is 11.8 Å². The van der Waals surface area contributed by atoms with Crippen molar-refractivity contribution in [1.82, 2.24) is 9.97 Å². The van der Waals surface area contributed by atoms with Crippen molar-refractivity contribution < 1.29 is 0 Å². The van der Waals surface area contributed by atoms with E-state index in [1.54, 1.807) is 0 Å². The van der Waals surface area contributed by atoms with E-state index in [1.165, 1.54) is 25.7 Å². The molecule has 1 aliphatic carbocycles. The summed E-state index contributed by atoms with van der Waals surface area (Å²) in [6.45, 7) is 4.09. The number of nitrogens with zero attached hydrogens (tertiary/aromatic N) is 2. The summed E-state index contributed by atoms with van der Waals surface area (Å²) < 4.78 is 0. The molecule has 1 aromatic rings. The largest absolute Gasteiger partial charge is 0.367 e. The number of aryl methyl sites for hydroxylation is 1. The van der Waals surface area contributed by atoms with Crippen LogP contribution in [-0.2, 0) is 0 Å². The third-order valence-corrected chi connectivity index (χ3v) is 3.47. The molecule has 0 aromatic carbocycles. The summed E-state index contributed by atoms with van der Waals surface area (Å²) in [7, 11) is 0. The highest BCUT2D eigenvalue weighted by atomic mass is 15.3. The van der Waals surface area contributed by atoms with Crippen LogP contribution in [0.1, 0.15) is 38.4 Å². The minimum absolute atomic E-state index is 0.456. The van der Waals surface area contributed by atoms with E-state index in [-0.39, 0.29) is 0 Å². The Morgan fingerprint density at radius 3 is 2.59 bits per heavy atom. The molecule has 0 aliphatic heterocycles. The van der Waals surface area contributed by atoms with Crippen molar-refractivity contribution in [3.63, 3.8) is 0 Å². The molecule has 0 spiro atoms. The van der Waals surface area contributed by atoms with Crippen LogP contribution in [0.15, 0.2) is 6.07 Å². The molecule has 0 saturated heterocycles. The second kappa shape index (κ2) is 5.31. The molecule has 1 aliphatic rings. The molecule has 1 fully saturated rings. The van der Waals surface area contributed by atoms with Gasteiger partial charge >= 0.3 is 0 Å². The molecule has 1 unspecified atom stereocenters. The lowest BCUT2D eigenvalue weighted by Crippen LogP contribution is -2.24. The lowest BCUT2D eigenvalue weighted by Gasteiger charge is -2.21. The number of anilines is 2. The first-order valence-corrected chi connectivity index (χ1v) is 6.28. The summed E-state index contributed by atoms with van der Waals surface area (Å²) in [6.07, 6.45) is 5.35. The van der Waals surface area contributed by atoms with Gasteiger partial charge in [0.2, 0.25) is 0 Å². The number of nitrogen functional groups attached to an aromatic ring is 1. The van der Waals surface area contributed by atoms with Gasteiger partial charge in [0.05, 0.1) is 0 Å². The predicted octanol–water partition coefficient (Wildman–Crippen LogP) is 2.06. The molecule has 1 aromatic heterocycles. The molecule has 0 bridgehead atoms. The smallest absolute Gasteiger partial charge is 0.145 e. The summed E-state index contributed by atoms with van der Waals surface area (Å²) in [6, 6.07) is 2.30. The van der Waals surface area contributed by atoms with Gasteiger partial charge in [0, 0.05) is 12.1 Å². The Hall–Kier alpha value is -1.36. The molecule has 17 heavy (non-hydrogen) atoms. The molecular formula is C12H21N5. The second-order valence-corrected chi connectivity index (χ2v) is 4.81. The summed E-state index contributed by atoms with van der Waals surface area (Å²) in [5, 5.41) is 3.45. The van der Waals surface area contributed by atoms with Crippen molar-refractivity contribution in [2.75, 3.05) is 10.7 Å². The number of hydrogen-bond acceptors (Lipinski definition) is 5. The average molecular weight is 235 g/mol. The first-order chi connectivity index (χ1) is 8.19. The first-order valence-electron chi connectivity index (χ1n) is 6.28. The SMILES string of the molecule is Cc1nc(NN)cc(NC(C)C2CCCC2)n1. The van der Waals surface area contributed by atoms with E-state index in [0.717, 1.165) is 17.6 Å². The number of nitrogens with one attached hydrogen (secondary N) is 2. The number of hydrazine groups is 1. The quantitative estimate of drug-likeness (QED) is 0.550. The van der Waals surface area contributed by atoms with Crippen molar-refractivity contribution in [3.8, 4) is 0 Å². The van der Waals surface area contributed by atoms with Gasteiger partial charge in [-0.25, -0.2) is 15.8 Å². The van der Waals surface area contributed by atoms with Crippen molar-refractivity contribution in [2.45, 2.75) is 45.6 Å². The van der Waals surface area contributed by atoms with Gasteiger partial charge in [0.1, 0.15) is 17.5 Å². The van der Waals surface area contributed by atoms with Crippen molar-refractivity contribution in [1.29, 1.82) is 0 Å². The second-order valence-electron chi connectivity index (χ2n) is 4.81. The highest BCUT2D eigenvalue weighted by Crippen LogP contribution is 2.29. The van der Waals surface area contributed by atoms with Crippen LogP contribution in [0.4, 0.5) is 11.6 Å². The van der Waals surface area contributed by atoms with Crippen LogP contribution in [0.2, 0.25) is 0 Å². The van der Waals surface area contributed by atoms with Gasteiger partial charge in [0.15, 0.2) is 0 Å². The number of rotatable bonds is 4. The highest BCUT2D eigenvalue weighted by molar-refractivity contribution is 5.47. The Bertz CT molecular complexity index is 373. The molecule has 5 heteroatoms. The average Bonchev–Trinajstić information content (AvgIpc) is 2.81. The number of hydrogen-bond donors (Lipinski definition) is 3. The van der Waals surface area contributed by atoms with Gasteiger partial charge < -0.3 is 10.7 Å². The fourth-order valence-electron chi connectivity index (χ4n) is 2.52. The van der Waals surface area contributed by atoms with E-state index in [9.17, 15) is 0 Å². The fourth-order valence-corrected chi connectivity index (χ4v) is 2.52. The van der Waals surface area contributed by atoms with E-state index in [0.29, 0.717) is 11.9 Å². The van der Waals surface area contributed by atoms with Crippen LogP contribution >= 0.6 is 0 Å². The lowest BCUT2D eigenvalue weighted by atomic mass is 10.00. The van der Waals surface area contributed by atoms with Gasteiger partial charge in [-0.05, 0) is 32.6 Å². The molecule has 2 rings (SSSR count). The monoisotopic (exact) mass is 235 g/mol. The van der Waals surface area contributed by atoms with E-state index in [4.69, 9.17) is 5.84 Å². The molecular weight excluding hydrogens is 214 g/mol. The van der Waals surface area contributed by atoms with Gasteiger partial charge in [-0.3, -0.25) is 0 Å². The number of aromatic nitrogens is 2. The summed E-state index contributed by atoms with van der Waals surface area (Å²) in [4.78, 5) is 8.55. The Labute approximate surface area is 102 Å². The minimum atomic E-state index is 0.456. The third kappa shape index (κ3) is 3.06. The maximum atomic E-state index is 5.37. The van der Waals surface area contributed by atoms with Crippen LogP contribution < -0.4 is 16.6 Å². The normalized spacial score (nSPS) is 18.1. The van der Waals surface area contributed by atoms with Crippen LogP contribution in [-0.4, -0.2) is 16.0 Å². The lowest BCUT2D eigenvalue weighted by molar-refractivity contribution is 0.481. The van der Waals surface area contributed by atoms with E-state index < -0.39 is 0 Å². The van der Waals surface area contributed by atoms with Gasteiger partial charge in [-0.15, -0.1) is 0 Å². The van der Waals surface area contributed by atoms with Gasteiger partial charge in [-0.2, -0.15) is 0 Å². The summed E-state index contributed by atoms with van der Waals surface area (Å²) in [5.74, 6) is 8.36. The molecule has 0 amide bonds. The Balaban J connectivity index is 2.04.